The van der Waals surface area contributed by atoms with E-state index in [-0.39, 0.29) is 17.3 Å². The van der Waals surface area contributed by atoms with Crippen molar-refractivity contribution in [1.29, 1.82) is 5.26 Å². The topological polar surface area (TPSA) is 66.6 Å². The van der Waals surface area contributed by atoms with Crippen LogP contribution >= 0.6 is 0 Å². The molecule has 0 spiro atoms. The minimum atomic E-state index is -0.513. The highest BCUT2D eigenvalue weighted by atomic mass is 16.1. The molecular weight excluding hydrogens is 310 g/mol. The van der Waals surface area contributed by atoms with Gasteiger partial charge in [0.15, 0.2) is 5.78 Å². The number of fused-ring (bicyclic) bond motifs is 3. The highest BCUT2D eigenvalue weighted by molar-refractivity contribution is 6.01. The lowest BCUT2D eigenvalue weighted by molar-refractivity contribution is -0.117. The monoisotopic (exact) mass is 329 g/mol. The number of carbonyl (C=O) groups is 1. The summed E-state index contributed by atoms with van der Waals surface area (Å²) in [5, 5.41) is 9.49. The van der Waals surface area contributed by atoms with Crippen LogP contribution in [0.1, 0.15) is 42.4 Å². The van der Waals surface area contributed by atoms with Gasteiger partial charge in [0.05, 0.1) is 16.7 Å². The summed E-state index contributed by atoms with van der Waals surface area (Å²) in [4.78, 5) is 21.7. The highest BCUT2D eigenvalue weighted by Crippen LogP contribution is 2.51. The van der Waals surface area contributed by atoms with E-state index < -0.39 is 5.41 Å². The molecule has 4 heteroatoms. The second-order valence-corrected chi connectivity index (χ2v) is 6.78. The molecule has 0 N–H and O–H groups in total. The molecule has 1 heterocycles. The summed E-state index contributed by atoms with van der Waals surface area (Å²) in [6.07, 6.45) is 6.75. The van der Waals surface area contributed by atoms with Gasteiger partial charge in [-0.3, -0.25) is 4.79 Å². The van der Waals surface area contributed by atoms with Crippen LogP contribution in [0.4, 0.5) is 0 Å². The average Bonchev–Trinajstić information content (AvgIpc) is 2.67. The third-order valence-electron chi connectivity index (χ3n) is 5.50. The van der Waals surface area contributed by atoms with Crippen molar-refractivity contribution in [2.24, 2.45) is 5.92 Å². The minimum absolute atomic E-state index is 0.0488. The summed E-state index contributed by atoms with van der Waals surface area (Å²) in [5.74, 6) is 0.886. The lowest BCUT2D eigenvalue weighted by atomic mass is 9.57. The summed E-state index contributed by atoms with van der Waals surface area (Å²) in [5.41, 5.74) is 2.94. The number of Topliss-reactive ketones (excluding diaryl/α,β-unsaturated/α-hetero) is 1. The van der Waals surface area contributed by atoms with Crippen molar-refractivity contribution in [1.82, 2.24) is 9.97 Å². The quantitative estimate of drug-likeness (QED) is 0.848. The number of aryl methyl sites for hydroxylation is 2. The zero-order valence-corrected chi connectivity index (χ0v) is 14.2. The standard InChI is InChI=1S/C21H19N3O/c1-2-19-23-13-14-8-9-17-10-18(25)15(12-22)11-21(17,20(14)24-19)16-6-4-3-5-7-16/h3-7,11,13,17H,2,8-10H2,1H3. The first-order chi connectivity index (χ1) is 12.2. The smallest absolute Gasteiger partial charge is 0.173 e. The van der Waals surface area contributed by atoms with Gasteiger partial charge in [-0.25, -0.2) is 9.97 Å². The van der Waals surface area contributed by atoms with E-state index in [9.17, 15) is 10.1 Å². The number of hydrogen-bond acceptors (Lipinski definition) is 4. The second-order valence-electron chi connectivity index (χ2n) is 6.78. The van der Waals surface area contributed by atoms with Crippen LogP contribution in [-0.2, 0) is 23.1 Å². The molecule has 25 heavy (non-hydrogen) atoms. The van der Waals surface area contributed by atoms with Gasteiger partial charge in [-0.15, -0.1) is 0 Å². The molecule has 0 saturated carbocycles. The van der Waals surface area contributed by atoms with E-state index in [0.717, 1.165) is 41.9 Å². The van der Waals surface area contributed by atoms with Gasteiger partial charge >= 0.3 is 0 Å². The largest absolute Gasteiger partial charge is 0.293 e. The fraction of sp³-hybridized carbons (Fsp3) is 0.333. The van der Waals surface area contributed by atoms with Crippen molar-refractivity contribution >= 4 is 5.78 Å². The van der Waals surface area contributed by atoms with Crippen molar-refractivity contribution in [3.05, 3.63) is 70.8 Å². The Hall–Kier alpha value is -2.80. The Kier molecular flexibility index (Phi) is 3.73. The first-order valence-electron chi connectivity index (χ1n) is 8.76. The highest BCUT2D eigenvalue weighted by Gasteiger charge is 2.49. The number of allylic oxidation sites excluding steroid dienone is 2. The molecule has 4 nitrogen and oxygen atoms in total. The Morgan fingerprint density at radius 1 is 1.32 bits per heavy atom. The van der Waals surface area contributed by atoms with Crippen LogP contribution in [0.2, 0.25) is 0 Å². The molecule has 0 fully saturated rings. The summed E-state index contributed by atoms with van der Waals surface area (Å²) in [7, 11) is 0. The Morgan fingerprint density at radius 2 is 2.12 bits per heavy atom. The Labute approximate surface area is 147 Å². The average molecular weight is 329 g/mol. The van der Waals surface area contributed by atoms with Crippen LogP contribution in [0.25, 0.3) is 0 Å². The van der Waals surface area contributed by atoms with Gasteiger partial charge in [-0.1, -0.05) is 37.3 Å². The molecule has 2 aromatic rings. The van der Waals surface area contributed by atoms with Crippen LogP contribution in [0.5, 0.6) is 0 Å². The van der Waals surface area contributed by atoms with Gasteiger partial charge in [-0.2, -0.15) is 5.26 Å². The normalized spacial score (nSPS) is 24.7. The van der Waals surface area contributed by atoms with E-state index in [0.29, 0.717) is 6.42 Å². The number of aromatic nitrogens is 2. The molecule has 4 rings (SSSR count). The van der Waals surface area contributed by atoms with Crippen molar-refractivity contribution < 1.29 is 4.79 Å². The van der Waals surface area contributed by atoms with Crippen molar-refractivity contribution in [3.63, 3.8) is 0 Å². The molecule has 1 aromatic carbocycles. The summed E-state index contributed by atoms with van der Waals surface area (Å²) < 4.78 is 0. The molecule has 0 aliphatic heterocycles. The maximum Gasteiger partial charge on any atom is 0.173 e. The summed E-state index contributed by atoms with van der Waals surface area (Å²) in [6.45, 7) is 2.04. The van der Waals surface area contributed by atoms with Gasteiger partial charge in [0.2, 0.25) is 0 Å². The van der Waals surface area contributed by atoms with E-state index >= 15 is 0 Å². The van der Waals surface area contributed by atoms with Gasteiger partial charge < -0.3 is 0 Å². The number of carbonyl (C=O) groups excluding carboxylic acids is 1. The summed E-state index contributed by atoms with van der Waals surface area (Å²) in [6, 6.07) is 12.3. The molecule has 2 unspecified atom stereocenters. The fourth-order valence-corrected chi connectivity index (χ4v) is 4.26. The van der Waals surface area contributed by atoms with Crippen LogP contribution < -0.4 is 0 Å². The van der Waals surface area contributed by atoms with Crippen molar-refractivity contribution in [2.75, 3.05) is 0 Å². The van der Waals surface area contributed by atoms with Crippen LogP contribution in [0, 0.1) is 17.2 Å². The van der Waals surface area contributed by atoms with E-state index in [1.54, 1.807) is 0 Å². The zero-order chi connectivity index (χ0) is 17.4. The third kappa shape index (κ3) is 2.31. The molecule has 0 radical (unpaired) electrons. The predicted molar refractivity (Wildman–Crippen MR) is 93.8 cm³/mol. The maximum absolute atomic E-state index is 12.4. The molecule has 2 aliphatic rings. The van der Waals surface area contributed by atoms with E-state index in [2.05, 4.69) is 23.2 Å². The first kappa shape index (κ1) is 15.7. The molecule has 0 saturated heterocycles. The van der Waals surface area contributed by atoms with Crippen molar-refractivity contribution in [2.45, 2.75) is 38.0 Å². The number of rotatable bonds is 2. The van der Waals surface area contributed by atoms with E-state index in [1.165, 1.54) is 0 Å². The number of ketones is 1. The van der Waals surface area contributed by atoms with Crippen molar-refractivity contribution in [3.8, 4) is 6.07 Å². The summed E-state index contributed by atoms with van der Waals surface area (Å²) >= 11 is 0. The van der Waals surface area contributed by atoms with Gasteiger partial charge in [-0.05, 0) is 36.0 Å². The zero-order valence-electron chi connectivity index (χ0n) is 14.2. The predicted octanol–water partition coefficient (Wildman–Crippen LogP) is 3.31. The van der Waals surface area contributed by atoms with Crippen LogP contribution in [0.3, 0.4) is 0 Å². The Balaban J connectivity index is 2.06. The molecule has 124 valence electrons. The lowest BCUT2D eigenvalue weighted by Crippen LogP contribution is -2.44. The second kappa shape index (κ2) is 5.93. The van der Waals surface area contributed by atoms with E-state index in [4.69, 9.17) is 4.98 Å². The molecule has 2 atom stereocenters. The maximum atomic E-state index is 12.4. The van der Waals surface area contributed by atoms with Crippen LogP contribution in [-0.4, -0.2) is 15.8 Å². The van der Waals surface area contributed by atoms with Crippen LogP contribution in [0.15, 0.2) is 48.2 Å². The van der Waals surface area contributed by atoms with Gasteiger partial charge in [0.25, 0.3) is 0 Å². The first-order valence-corrected chi connectivity index (χ1v) is 8.76. The lowest BCUT2D eigenvalue weighted by Gasteiger charge is -2.45. The molecule has 1 aromatic heterocycles. The van der Waals surface area contributed by atoms with Gasteiger partial charge in [0, 0.05) is 19.0 Å². The molecular formula is C21H19N3O. The molecule has 0 amide bonds. The number of nitrogens with zero attached hydrogens (tertiary/aromatic N) is 3. The minimum Gasteiger partial charge on any atom is -0.293 e. The Morgan fingerprint density at radius 3 is 2.84 bits per heavy atom. The van der Waals surface area contributed by atoms with E-state index in [1.807, 2.05) is 37.4 Å². The third-order valence-corrected chi connectivity index (χ3v) is 5.50. The number of benzene rings is 1. The number of nitriles is 1. The fourth-order valence-electron chi connectivity index (χ4n) is 4.26. The molecule has 0 bridgehead atoms. The number of hydrogen-bond donors (Lipinski definition) is 0. The Bertz CT molecular complexity index is 910. The SMILES string of the molecule is CCc1ncc2c(n1)C1(c3ccccc3)C=C(C#N)C(=O)CC1CC2. The molecule has 2 aliphatic carbocycles. The van der Waals surface area contributed by atoms with Gasteiger partial charge in [0.1, 0.15) is 11.9 Å².